The van der Waals surface area contributed by atoms with Crippen LogP contribution in [0.1, 0.15) is 49.4 Å². The van der Waals surface area contributed by atoms with E-state index < -0.39 is 0 Å². The third kappa shape index (κ3) is 3.22. The van der Waals surface area contributed by atoms with Gasteiger partial charge in [0.2, 0.25) is 0 Å². The minimum atomic E-state index is 0.393. The number of aryl methyl sites for hydroxylation is 1. The van der Waals surface area contributed by atoms with E-state index >= 15 is 0 Å². The second kappa shape index (κ2) is 6.65. The minimum Gasteiger partial charge on any atom is -0.496 e. The summed E-state index contributed by atoms with van der Waals surface area (Å²) >= 11 is 0. The van der Waals surface area contributed by atoms with Gasteiger partial charge in [0.25, 0.3) is 0 Å². The molecule has 1 atom stereocenters. The smallest absolute Gasteiger partial charge is 0.126 e. The molecule has 0 aliphatic rings. The van der Waals surface area contributed by atoms with Gasteiger partial charge in [-0.05, 0) is 44.4 Å². The Morgan fingerprint density at radius 1 is 1.24 bits per heavy atom. The van der Waals surface area contributed by atoms with Crippen molar-refractivity contribution < 1.29 is 4.74 Å². The zero-order chi connectivity index (χ0) is 12.8. The van der Waals surface area contributed by atoms with Crippen molar-refractivity contribution in [3.05, 3.63) is 28.8 Å². The van der Waals surface area contributed by atoms with Gasteiger partial charge in [-0.1, -0.05) is 26.0 Å². The molecule has 1 aromatic carbocycles. The number of benzene rings is 1. The maximum atomic E-state index is 5.58. The van der Waals surface area contributed by atoms with Crippen LogP contribution in [0.5, 0.6) is 5.75 Å². The predicted octanol–water partition coefficient (Wildman–Crippen LogP) is 3.76. The molecule has 0 aliphatic heterocycles. The first-order chi connectivity index (χ1) is 8.15. The summed E-state index contributed by atoms with van der Waals surface area (Å²) in [6.07, 6.45) is 2.24. The molecule has 0 aromatic heterocycles. The van der Waals surface area contributed by atoms with Crippen LogP contribution in [0.15, 0.2) is 12.1 Å². The Hall–Kier alpha value is -1.02. The first-order valence-electron chi connectivity index (χ1n) is 6.53. The van der Waals surface area contributed by atoms with E-state index in [0.717, 1.165) is 25.1 Å². The highest BCUT2D eigenvalue weighted by molar-refractivity contribution is 5.46. The van der Waals surface area contributed by atoms with Crippen LogP contribution in [0.3, 0.4) is 0 Å². The minimum absolute atomic E-state index is 0.393. The summed E-state index contributed by atoms with van der Waals surface area (Å²) in [7, 11) is 1.76. The quantitative estimate of drug-likeness (QED) is 0.810. The van der Waals surface area contributed by atoms with Gasteiger partial charge in [0, 0.05) is 11.6 Å². The molecule has 0 spiro atoms. The SMILES string of the molecule is CCCNC(CC)c1ccc(C)c(C)c1OC. The van der Waals surface area contributed by atoms with Crippen LogP contribution < -0.4 is 10.1 Å². The summed E-state index contributed by atoms with van der Waals surface area (Å²) in [6, 6.07) is 4.77. The van der Waals surface area contributed by atoms with Gasteiger partial charge < -0.3 is 10.1 Å². The first kappa shape index (κ1) is 14.0. The highest BCUT2D eigenvalue weighted by Gasteiger charge is 2.16. The Morgan fingerprint density at radius 2 is 1.94 bits per heavy atom. The lowest BCUT2D eigenvalue weighted by molar-refractivity contribution is 0.393. The van der Waals surface area contributed by atoms with E-state index in [1.165, 1.54) is 16.7 Å². The standard InChI is InChI=1S/C15H25NO/c1-6-10-16-14(7-2)13-9-8-11(3)12(4)15(13)17-5/h8-9,14,16H,6-7,10H2,1-5H3. The zero-order valence-corrected chi connectivity index (χ0v) is 11.8. The largest absolute Gasteiger partial charge is 0.496 e. The molecular weight excluding hydrogens is 210 g/mol. The molecule has 0 saturated carbocycles. The molecule has 0 amide bonds. The molecule has 0 bridgehead atoms. The van der Waals surface area contributed by atoms with E-state index in [-0.39, 0.29) is 0 Å². The van der Waals surface area contributed by atoms with E-state index in [9.17, 15) is 0 Å². The average molecular weight is 235 g/mol. The second-order valence-corrected chi connectivity index (χ2v) is 4.54. The third-order valence-electron chi connectivity index (χ3n) is 3.34. The summed E-state index contributed by atoms with van der Waals surface area (Å²) < 4.78 is 5.58. The van der Waals surface area contributed by atoms with Crippen molar-refractivity contribution >= 4 is 0 Å². The van der Waals surface area contributed by atoms with Crippen molar-refractivity contribution in [1.82, 2.24) is 5.32 Å². The molecule has 17 heavy (non-hydrogen) atoms. The van der Waals surface area contributed by atoms with Gasteiger partial charge in [-0.2, -0.15) is 0 Å². The van der Waals surface area contributed by atoms with Crippen molar-refractivity contribution in [2.45, 2.75) is 46.6 Å². The number of ether oxygens (including phenoxy) is 1. The third-order valence-corrected chi connectivity index (χ3v) is 3.34. The van der Waals surface area contributed by atoms with Crippen LogP contribution in [-0.2, 0) is 0 Å². The molecule has 0 radical (unpaired) electrons. The summed E-state index contributed by atoms with van der Waals surface area (Å²) in [4.78, 5) is 0. The highest BCUT2D eigenvalue weighted by atomic mass is 16.5. The Bertz CT molecular complexity index is 360. The Kier molecular flexibility index (Phi) is 5.49. The zero-order valence-electron chi connectivity index (χ0n) is 11.8. The van der Waals surface area contributed by atoms with Gasteiger partial charge in [-0.25, -0.2) is 0 Å². The van der Waals surface area contributed by atoms with Crippen LogP contribution in [-0.4, -0.2) is 13.7 Å². The number of hydrogen-bond donors (Lipinski definition) is 1. The van der Waals surface area contributed by atoms with Crippen molar-refractivity contribution in [2.24, 2.45) is 0 Å². The van der Waals surface area contributed by atoms with Crippen molar-refractivity contribution in [3.63, 3.8) is 0 Å². The van der Waals surface area contributed by atoms with Crippen molar-refractivity contribution in [3.8, 4) is 5.75 Å². The molecule has 0 aliphatic carbocycles. The lowest BCUT2D eigenvalue weighted by atomic mass is 9.97. The monoisotopic (exact) mass is 235 g/mol. The number of rotatable bonds is 6. The van der Waals surface area contributed by atoms with Gasteiger partial charge in [0.1, 0.15) is 5.75 Å². The lowest BCUT2D eigenvalue weighted by Gasteiger charge is -2.22. The average Bonchev–Trinajstić information content (AvgIpc) is 2.34. The number of methoxy groups -OCH3 is 1. The molecule has 96 valence electrons. The maximum absolute atomic E-state index is 5.58. The van der Waals surface area contributed by atoms with E-state index in [2.05, 4.69) is 45.1 Å². The van der Waals surface area contributed by atoms with Crippen LogP contribution >= 0.6 is 0 Å². The Balaban J connectivity index is 3.06. The van der Waals surface area contributed by atoms with E-state index in [1.54, 1.807) is 7.11 Å². The van der Waals surface area contributed by atoms with Gasteiger partial charge in [-0.3, -0.25) is 0 Å². The molecule has 0 heterocycles. The molecule has 0 saturated heterocycles. The van der Waals surface area contributed by atoms with E-state index in [1.807, 2.05) is 0 Å². The fraction of sp³-hybridized carbons (Fsp3) is 0.600. The van der Waals surface area contributed by atoms with Crippen LogP contribution in [0.2, 0.25) is 0 Å². The van der Waals surface area contributed by atoms with Gasteiger partial charge in [-0.15, -0.1) is 0 Å². The normalized spacial score (nSPS) is 12.5. The molecule has 2 nitrogen and oxygen atoms in total. The van der Waals surface area contributed by atoms with Gasteiger partial charge >= 0.3 is 0 Å². The highest BCUT2D eigenvalue weighted by Crippen LogP contribution is 2.32. The molecule has 1 aromatic rings. The van der Waals surface area contributed by atoms with Gasteiger partial charge in [0.05, 0.1) is 7.11 Å². The summed E-state index contributed by atoms with van der Waals surface area (Å²) in [6.45, 7) is 9.71. The molecule has 2 heteroatoms. The van der Waals surface area contributed by atoms with Crippen molar-refractivity contribution in [2.75, 3.05) is 13.7 Å². The summed E-state index contributed by atoms with van der Waals surface area (Å²) in [5.41, 5.74) is 3.82. The van der Waals surface area contributed by atoms with Crippen LogP contribution in [0, 0.1) is 13.8 Å². The number of nitrogens with one attached hydrogen (secondary N) is 1. The molecule has 0 fully saturated rings. The fourth-order valence-electron chi connectivity index (χ4n) is 2.15. The lowest BCUT2D eigenvalue weighted by Crippen LogP contribution is -2.22. The maximum Gasteiger partial charge on any atom is 0.126 e. The van der Waals surface area contributed by atoms with E-state index in [4.69, 9.17) is 4.74 Å². The van der Waals surface area contributed by atoms with Crippen LogP contribution in [0.25, 0.3) is 0 Å². The van der Waals surface area contributed by atoms with Gasteiger partial charge in [0.15, 0.2) is 0 Å². The molecule has 1 N–H and O–H groups in total. The Labute approximate surface area is 105 Å². The topological polar surface area (TPSA) is 21.3 Å². The molecule has 1 rings (SSSR count). The molecular formula is C15H25NO. The molecule has 1 unspecified atom stereocenters. The summed E-state index contributed by atoms with van der Waals surface area (Å²) in [5.74, 6) is 1.04. The predicted molar refractivity (Wildman–Crippen MR) is 73.8 cm³/mol. The summed E-state index contributed by atoms with van der Waals surface area (Å²) in [5, 5.41) is 3.58. The van der Waals surface area contributed by atoms with E-state index in [0.29, 0.717) is 6.04 Å². The second-order valence-electron chi connectivity index (χ2n) is 4.54. The van der Waals surface area contributed by atoms with Crippen molar-refractivity contribution in [1.29, 1.82) is 0 Å². The Morgan fingerprint density at radius 3 is 2.47 bits per heavy atom. The number of hydrogen-bond acceptors (Lipinski definition) is 2. The fourth-order valence-corrected chi connectivity index (χ4v) is 2.15. The first-order valence-corrected chi connectivity index (χ1v) is 6.53. The van der Waals surface area contributed by atoms with Crippen LogP contribution in [0.4, 0.5) is 0 Å².